The van der Waals surface area contributed by atoms with Crippen molar-refractivity contribution < 1.29 is 4.39 Å². The maximum absolute atomic E-state index is 13.3. The van der Waals surface area contributed by atoms with Crippen molar-refractivity contribution in [3.63, 3.8) is 0 Å². The van der Waals surface area contributed by atoms with Gasteiger partial charge in [-0.05, 0) is 43.0 Å². The molecular weight excluding hydrogens is 315 g/mol. The van der Waals surface area contributed by atoms with Gasteiger partial charge in [-0.3, -0.25) is 0 Å². The first-order chi connectivity index (χ1) is 12.1. The minimum Gasteiger partial charge on any atom is -0.368 e. The molecule has 3 rings (SSSR count). The Morgan fingerprint density at radius 2 is 1.88 bits per heavy atom. The van der Waals surface area contributed by atoms with Crippen molar-refractivity contribution in [1.82, 2.24) is 9.97 Å². The Bertz CT molecular complexity index is 836. The van der Waals surface area contributed by atoms with Gasteiger partial charge in [-0.1, -0.05) is 42.5 Å². The van der Waals surface area contributed by atoms with Gasteiger partial charge in [0.1, 0.15) is 11.6 Å². The van der Waals surface area contributed by atoms with Gasteiger partial charge < -0.3 is 11.1 Å². The summed E-state index contributed by atoms with van der Waals surface area (Å²) >= 11 is 0. The molecule has 1 aromatic heterocycles. The molecule has 128 valence electrons. The molecule has 5 heteroatoms. The molecular formula is C20H21FN4. The predicted molar refractivity (Wildman–Crippen MR) is 98.7 cm³/mol. The average Bonchev–Trinajstić information content (AvgIpc) is 2.62. The van der Waals surface area contributed by atoms with Gasteiger partial charge in [-0.15, -0.1) is 0 Å². The topological polar surface area (TPSA) is 63.8 Å². The number of benzene rings is 2. The lowest BCUT2D eigenvalue weighted by atomic mass is 10.0. The summed E-state index contributed by atoms with van der Waals surface area (Å²) in [5.74, 6) is 0.736. The highest BCUT2D eigenvalue weighted by atomic mass is 19.1. The minimum absolute atomic E-state index is 0.0865. The summed E-state index contributed by atoms with van der Waals surface area (Å²) in [6, 6.07) is 16.9. The first-order valence-electron chi connectivity index (χ1n) is 8.29. The molecule has 0 bridgehead atoms. The zero-order chi connectivity index (χ0) is 17.6. The summed E-state index contributed by atoms with van der Waals surface area (Å²) < 4.78 is 13.3. The van der Waals surface area contributed by atoms with Gasteiger partial charge in [0, 0.05) is 17.8 Å². The lowest BCUT2D eigenvalue weighted by Crippen LogP contribution is -2.12. The van der Waals surface area contributed by atoms with Gasteiger partial charge in [0.05, 0.1) is 0 Å². The molecule has 0 aliphatic rings. The van der Waals surface area contributed by atoms with Gasteiger partial charge in [0.2, 0.25) is 5.95 Å². The number of nitrogens with two attached hydrogens (primary N) is 1. The number of aryl methyl sites for hydroxylation is 2. The monoisotopic (exact) mass is 336 g/mol. The summed E-state index contributed by atoms with van der Waals surface area (Å²) in [6.07, 6.45) is 3.15. The van der Waals surface area contributed by atoms with Crippen molar-refractivity contribution in [2.75, 3.05) is 11.1 Å². The fourth-order valence-corrected chi connectivity index (χ4v) is 2.73. The van der Waals surface area contributed by atoms with Gasteiger partial charge in [0.15, 0.2) is 0 Å². The molecule has 0 aliphatic heterocycles. The number of halogens is 1. The molecule has 0 radical (unpaired) electrons. The summed E-state index contributed by atoms with van der Waals surface area (Å²) in [6.45, 7) is 2.07. The molecule has 0 aliphatic carbocycles. The van der Waals surface area contributed by atoms with Crippen LogP contribution in [-0.4, -0.2) is 9.97 Å². The maximum Gasteiger partial charge on any atom is 0.221 e. The number of nitrogens with one attached hydrogen (secondary N) is 1. The maximum atomic E-state index is 13.3. The Labute approximate surface area is 146 Å². The van der Waals surface area contributed by atoms with E-state index in [-0.39, 0.29) is 17.8 Å². The molecule has 0 saturated carbocycles. The van der Waals surface area contributed by atoms with Crippen LogP contribution in [0.15, 0.2) is 60.8 Å². The number of nitrogens with zero attached hydrogens (tertiary/aromatic N) is 2. The molecule has 3 aromatic rings. The van der Waals surface area contributed by atoms with Crippen LogP contribution in [0.5, 0.6) is 0 Å². The summed E-state index contributed by atoms with van der Waals surface area (Å²) in [7, 11) is 0. The SMILES string of the molecule is CC(Nc1nc(N)ncc1CCc1cccc(F)c1)c1ccccc1. The highest BCUT2D eigenvalue weighted by molar-refractivity contribution is 5.48. The van der Waals surface area contributed by atoms with Gasteiger partial charge in [-0.25, -0.2) is 9.37 Å². The van der Waals surface area contributed by atoms with Crippen LogP contribution in [0.2, 0.25) is 0 Å². The van der Waals surface area contributed by atoms with E-state index in [2.05, 4.69) is 34.3 Å². The highest BCUT2D eigenvalue weighted by Crippen LogP contribution is 2.22. The second kappa shape index (κ2) is 7.75. The minimum atomic E-state index is -0.220. The number of aromatic nitrogens is 2. The third-order valence-corrected chi connectivity index (χ3v) is 4.11. The largest absolute Gasteiger partial charge is 0.368 e. The molecule has 0 spiro atoms. The van der Waals surface area contributed by atoms with Crippen LogP contribution in [0.1, 0.15) is 29.7 Å². The molecule has 0 amide bonds. The van der Waals surface area contributed by atoms with Crippen molar-refractivity contribution in [2.45, 2.75) is 25.8 Å². The van der Waals surface area contributed by atoms with Gasteiger partial charge in [-0.2, -0.15) is 4.98 Å². The number of anilines is 2. The van der Waals surface area contributed by atoms with E-state index < -0.39 is 0 Å². The Morgan fingerprint density at radius 3 is 2.64 bits per heavy atom. The van der Waals surface area contributed by atoms with E-state index in [1.807, 2.05) is 24.3 Å². The van der Waals surface area contributed by atoms with Crippen molar-refractivity contribution in [3.05, 3.63) is 83.3 Å². The molecule has 3 N–H and O–H groups in total. The quantitative estimate of drug-likeness (QED) is 0.709. The second-order valence-corrected chi connectivity index (χ2v) is 6.01. The molecule has 4 nitrogen and oxygen atoms in total. The average molecular weight is 336 g/mol. The predicted octanol–water partition coefficient (Wildman–Crippen LogP) is 4.16. The van der Waals surface area contributed by atoms with Crippen molar-refractivity contribution in [3.8, 4) is 0 Å². The normalized spacial score (nSPS) is 11.9. The van der Waals surface area contributed by atoms with E-state index >= 15 is 0 Å². The lowest BCUT2D eigenvalue weighted by molar-refractivity contribution is 0.625. The zero-order valence-electron chi connectivity index (χ0n) is 14.1. The third kappa shape index (κ3) is 4.53. The van der Waals surface area contributed by atoms with Crippen molar-refractivity contribution >= 4 is 11.8 Å². The molecule has 1 heterocycles. The molecule has 0 saturated heterocycles. The number of nitrogen functional groups attached to an aromatic ring is 1. The van der Waals surface area contributed by atoms with E-state index in [1.165, 1.54) is 6.07 Å². The van der Waals surface area contributed by atoms with E-state index in [0.717, 1.165) is 22.5 Å². The number of hydrogen-bond acceptors (Lipinski definition) is 4. The molecule has 2 aromatic carbocycles. The Morgan fingerprint density at radius 1 is 1.08 bits per heavy atom. The Hall–Kier alpha value is -2.95. The van der Waals surface area contributed by atoms with Crippen LogP contribution in [0.3, 0.4) is 0 Å². The van der Waals surface area contributed by atoms with E-state index in [1.54, 1.807) is 18.3 Å². The highest BCUT2D eigenvalue weighted by Gasteiger charge is 2.11. The standard InChI is InChI=1S/C20H21FN4/c1-14(16-7-3-2-4-8-16)24-19-17(13-23-20(22)25-19)11-10-15-6-5-9-18(21)12-15/h2-9,12-14H,10-11H2,1H3,(H3,22,23,24,25). The molecule has 0 fully saturated rings. The second-order valence-electron chi connectivity index (χ2n) is 6.01. The van der Waals surface area contributed by atoms with Crippen molar-refractivity contribution in [2.24, 2.45) is 0 Å². The fraction of sp³-hybridized carbons (Fsp3) is 0.200. The summed E-state index contributed by atoms with van der Waals surface area (Å²) in [5, 5.41) is 3.41. The van der Waals surface area contributed by atoms with Crippen LogP contribution < -0.4 is 11.1 Å². The molecule has 1 unspecified atom stereocenters. The molecule has 1 atom stereocenters. The van der Waals surface area contributed by atoms with Gasteiger partial charge in [0.25, 0.3) is 0 Å². The van der Waals surface area contributed by atoms with Crippen LogP contribution >= 0.6 is 0 Å². The lowest BCUT2D eigenvalue weighted by Gasteiger charge is -2.17. The Balaban J connectivity index is 1.76. The van der Waals surface area contributed by atoms with Crippen LogP contribution in [0.4, 0.5) is 16.2 Å². The molecule has 25 heavy (non-hydrogen) atoms. The number of rotatable bonds is 6. The number of hydrogen-bond donors (Lipinski definition) is 2. The van der Waals surface area contributed by atoms with Crippen molar-refractivity contribution in [1.29, 1.82) is 0 Å². The van der Waals surface area contributed by atoms with Gasteiger partial charge >= 0.3 is 0 Å². The van der Waals surface area contributed by atoms with E-state index in [9.17, 15) is 4.39 Å². The van der Waals surface area contributed by atoms with Crippen LogP contribution in [-0.2, 0) is 12.8 Å². The zero-order valence-corrected chi connectivity index (χ0v) is 14.1. The van der Waals surface area contributed by atoms with E-state index in [0.29, 0.717) is 12.8 Å². The van der Waals surface area contributed by atoms with Crippen LogP contribution in [0, 0.1) is 5.82 Å². The summed E-state index contributed by atoms with van der Waals surface area (Å²) in [4.78, 5) is 8.45. The smallest absolute Gasteiger partial charge is 0.221 e. The first kappa shape index (κ1) is 16.9. The van der Waals surface area contributed by atoms with E-state index in [4.69, 9.17) is 5.73 Å². The first-order valence-corrected chi connectivity index (χ1v) is 8.29. The summed E-state index contributed by atoms with van der Waals surface area (Å²) in [5.41, 5.74) is 8.82. The third-order valence-electron chi connectivity index (χ3n) is 4.11. The van der Waals surface area contributed by atoms with Crippen LogP contribution in [0.25, 0.3) is 0 Å². The Kier molecular flexibility index (Phi) is 5.23. The fourth-order valence-electron chi connectivity index (χ4n) is 2.73.